The normalized spacial score (nSPS) is 14.2. The van der Waals surface area contributed by atoms with Gasteiger partial charge in [-0.3, -0.25) is 4.79 Å². The molecule has 1 aliphatic rings. The minimum Gasteiger partial charge on any atom is -0.337 e. The Hall–Kier alpha value is -3.06. The van der Waals surface area contributed by atoms with Crippen LogP contribution in [0.15, 0.2) is 48.5 Å². The van der Waals surface area contributed by atoms with Gasteiger partial charge in [0, 0.05) is 31.6 Å². The van der Waals surface area contributed by atoms with Crippen molar-refractivity contribution >= 4 is 5.91 Å². The molecule has 0 radical (unpaired) electrons. The fraction of sp³-hybridized carbons (Fsp3) is 0.391. The number of nitrogens with one attached hydrogen (secondary N) is 1. The summed E-state index contributed by atoms with van der Waals surface area (Å²) in [6.45, 7) is 1.66. The Morgan fingerprint density at radius 3 is 2.47 bits per heavy atom. The molecular weight excluding hydrogens is 376 g/mol. The van der Waals surface area contributed by atoms with Gasteiger partial charge in [0.2, 0.25) is 11.7 Å². The van der Waals surface area contributed by atoms with Crippen LogP contribution in [-0.2, 0) is 11.3 Å². The second kappa shape index (κ2) is 9.63. The number of carbonyl (C=O) groups excluding carboxylic acids is 1. The molecule has 1 amide bonds. The summed E-state index contributed by atoms with van der Waals surface area (Å²) in [5.41, 5.74) is 9.92. The molecule has 7 nitrogen and oxygen atoms in total. The molecule has 1 heterocycles. The van der Waals surface area contributed by atoms with Crippen molar-refractivity contribution in [3.05, 3.63) is 54.1 Å². The molecule has 2 aromatic carbocycles. The van der Waals surface area contributed by atoms with Crippen molar-refractivity contribution < 1.29 is 4.79 Å². The lowest BCUT2D eigenvalue weighted by Crippen LogP contribution is -2.35. The molecule has 0 aliphatic heterocycles. The van der Waals surface area contributed by atoms with Gasteiger partial charge in [-0.05, 0) is 40.7 Å². The number of amides is 1. The molecule has 30 heavy (non-hydrogen) atoms. The van der Waals surface area contributed by atoms with E-state index in [4.69, 9.17) is 5.73 Å². The van der Waals surface area contributed by atoms with Crippen LogP contribution in [0.1, 0.15) is 37.7 Å². The number of H-pyrrole nitrogens is 1. The molecule has 0 saturated heterocycles. The van der Waals surface area contributed by atoms with Crippen LogP contribution in [-0.4, -0.2) is 44.5 Å². The van der Waals surface area contributed by atoms with Crippen LogP contribution >= 0.6 is 0 Å². The zero-order valence-electron chi connectivity index (χ0n) is 17.1. The molecule has 1 saturated carbocycles. The first kappa shape index (κ1) is 20.2. The van der Waals surface area contributed by atoms with E-state index in [9.17, 15) is 4.79 Å². The van der Waals surface area contributed by atoms with Gasteiger partial charge in [0.25, 0.3) is 0 Å². The molecule has 0 atom stereocenters. The minimum atomic E-state index is 0.221. The number of nitrogens with zero attached hydrogens (tertiary/aromatic N) is 4. The smallest absolute Gasteiger partial charge is 0.223 e. The highest BCUT2D eigenvalue weighted by molar-refractivity contribution is 5.80. The van der Waals surface area contributed by atoms with E-state index < -0.39 is 0 Å². The summed E-state index contributed by atoms with van der Waals surface area (Å²) in [5, 5.41) is 14.4. The molecule has 0 bridgehead atoms. The van der Waals surface area contributed by atoms with Gasteiger partial charge in [-0.1, -0.05) is 61.4 Å². The first-order valence-corrected chi connectivity index (χ1v) is 10.6. The summed E-state index contributed by atoms with van der Waals surface area (Å²) in [7, 11) is 0. The largest absolute Gasteiger partial charge is 0.337 e. The summed E-state index contributed by atoms with van der Waals surface area (Å²) in [4.78, 5) is 14.7. The fourth-order valence-electron chi connectivity index (χ4n) is 4.25. The van der Waals surface area contributed by atoms with Gasteiger partial charge >= 0.3 is 0 Å². The first-order chi connectivity index (χ1) is 14.7. The van der Waals surface area contributed by atoms with Gasteiger partial charge in [-0.2, -0.15) is 5.21 Å². The summed E-state index contributed by atoms with van der Waals surface area (Å²) >= 11 is 0. The Kier molecular flexibility index (Phi) is 6.49. The maximum absolute atomic E-state index is 12.8. The standard InChI is InChI=1S/C23H28N6O/c24-13-14-29(22(30)15-17-5-1-2-6-17)16-18-9-11-19(12-10-18)20-7-3-4-8-21(20)23-25-27-28-26-23/h3-4,7-12,17H,1-2,5-6,13-16,24H2,(H,25,26,27,28). The number of carbonyl (C=O) groups is 1. The average Bonchev–Trinajstić information content (AvgIpc) is 3.48. The van der Waals surface area contributed by atoms with Crippen LogP contribution in [0, 0.1) is 5.92 Å². The molecular formula is C23H28N6O. The van der Waals surface area contributed by atoms with Crippen molar-refractivity contribution in [1.82, 2.24) is 25.5 Å². The maximum Gasteiger partial charge on any atom is 0.223 e. The zero-order chi connectivity index (χ0) is 20.8. The summed E-state index contributed by atoms with van der Waals surface area (Å²) in [5.74, 6) is 1.34. The van der Waals surface area contributed by atoms with Crippen molar-refractivity contribution in [3.63, 3.8) is 0 Å². The number of aromatic amines is 1. The van der Waals surface area contributed by atoms with Crippen LogP contribution in [0.3, 0.4) is 0 Å². The molecule has 0 spiro atoms. The highest BCUT2D eigenvalue weighted by Gasteiger charge is 2.22. The molecule has 0 unspecified atom stereocenters. The van der Waals surface area contributed by atoms with E-state index >= 15 is 0 Å². The van der Waals surface area contributed by atoms with E-state index in [1.54, 1.807) is 0 Å². The van der Waals surface area contributed by atoms with E-state index in [2.05, 4.69) is 44.9 Å². The van der Waals surface area contributed by atoms with Crippen LogP contribution in [0.5, 0.6) is 0 Å². The van der Waals surface area contributed by atoms with E-state index in [1.165, 1.54) is 25.7 Å². The molecule has 156 valence electrons. The van der Waals surface area contributed by atoms with Crippen molar-refractivity contribution in [1.29, 1.82) is 0 Å². The van der Waals surface area contributed by atoms with E-state index in [-0.39, 0.29) is 5.91 Å². The Morgan fingerprint density at radius 2 is 1.80 bits per heavy atom. The molecule has 3 N–H and O–H groups in total. The van der Waals surface area contributed by atoms with Crippen molar-refractivity contribution in [2.45, 2.75) is 38.6 Å². The number of tetrazole rings is 1. The monoisotopic (exact) mass is 404 g/mol. The summed E-state index contributed by atoms with van der Waals surface area (Å²) < 4.78 is 0. The lowest BCUT2D eigenvalue weighted by molar-refractivity contribution is -0.132. The highest BCUT2D eigenvalue weighted by Crippen LogP contribution is 2.30. The molecule has 4 rings (SSSR count). The lowest BCUT2D eigenvalue weighted by Gasteiger charge is -2.24. The Labute approximate surface area is 176 Å². The Morgan fingerprint density at radius 1 is 1.07 bits per heavy atom. The third kappa shape index (κ3) is 4.74. The number of benzene rings is 2. The number of hydrogen-bond donors (Lipinski definition) is 2. The van der Waals surface area contributed by atoms with E-state index in [0.717, 1.165) is 22.3 Å². The average molecular weight is 405 g/mol. The summed E-state index contributed by atoms with van der Waals surface area (Å²) in [6.07, 6.45) is 5.51. The van der Waals surface area contributed by atoms with Crippen LogP contribution in [0.2, 0.25) is 0 Å². The van der Waals surface area contributed by atoms with Gasteiger partial charge in [-0.25, -0.2) is 0 Å². The number of aromatic nitrogens is 4. The van der Waals surface area contributed by atoms with Gasteiger partial charge in [-0.15, -0.1) is 10.2 Å². The second-order valence-electron chi connectivity index (χ2n) is 7.94. The predicted molar refractivity (Wildman–Crippen MR) is 116 cm³/mol. The van der Waals surface area contributed by atoms with Crippen LogP contribution in [0.25, 0.3) is 22.5 Å². The number of nitrogens with two attached hydrogens (primary N) is 1. The van der Waals surface area contributed by atoms with Crippen molar-refractivity contribution in [3.8, 4) is 22.5 Å². The molecule has 1 fully saturated rings. The highest BCUT2D eigenvalue weighted by atomic mass is 16.2. The third-order valence-corrected chi connectivity index (χ3v) is 5.84. The van der Waals surface area contributed by atoms with Gasteiger partial charge in [0.15, 0.2) is 0 Å². The van der Waals surface area contributed by atoms with Gasteiger partial charge in [0.1, 0.15) is 0 Å². The van der Waals surface area contributed by atoms with E-state index in [0.29, 0.717) is 37.8 Å². The third-order valence-electron chi connectivity index (χ3n) is 5.84. The van der Waals surface area contributed by atoms with Crippen LogP contribution in [0.4, 0.5) is 0 Å². The Bertz CT molecular complexity index is 948. The first-order valence-electron chi connectivity index (χ1n) is 10.6. The molecule has 7 heteroatoms. The zero-order valence-corrected chi connectivity index (χ0v) is 17.1. The summed E-state index contributed by atoms with van der Waals surface area (Å²) in [6, 6.07) is 16.3. The molecule has 1 aliphatic carbocycles. The fourth-order valence-corrected chi connectivity index (χ4v) is 4.25. The number of hydrogen-bond acceptors (Lipinski definition) is 5. The Balaban J connectivity index is 1.48. The SMILES string of the molecule is NCCN(Cc1ccc(-c2ccccc2-c2nn[nH]n2)cc1)C(=O)CC1CCCC1. The number of rotatable bonds is 8. The van der Waals surface area contributed by atoms with Crippen LogP contribution < -0.4 is 5.73 Å². The molecule has 3 aromatic rings. The van der Waals surface area contributed by atoms with Gasteiger partial charge in [0.05, 0.1) is 0 Å². The lowest BCUT2D eigenvalue weighted by atomic mass is 9.98. The van der Waals surface area contributed by atoms with Crippen molar-refractivity contribution in [2.24, 2.45) is 11.7 Å². The topological polar surface area (TPSA) is 101 Å². The van der Waals surface area contributed by atoms with Crippen molar-refractivity contribution in [2.75, 3.05) is 13.1 Å². The molecule has 1 aromatic heterocycles. The maximum atomic E-state index is 12.8. The predicted octanol–water partition coefficient (Wildman–Crippen LogP) is 3.40. The van der Waals surface area contributed by atoms with Gasteiger partial charge < -0.3 is 10.6 Å². The quantitative estimate of drug-likeness (QED) is 0.599. The minimum absolute atomic E-state index is 0.221. The second-order valence-corrected chi connectivity index (χ2v) is 7.94. The van der Waals surface area contributed by atoms with E-state index in [1.807, 2.05) is 29.2 Å².